The Morgan fingerprint density at radius 2 is 1.64 bits per heavy atom. The number of nitrogens with zero attached hydrogens (tertiary/aromatic N) is 2. The lowest BCUT2D eigenvalue weighted by Gasteiger charge is -2.38. The number of likely N-dealkylation sites (tertiary alicyclic amines) is 2. The van der Waals surface area contributed by atoms with E-state index in [-0.39, 0.29) is 23.0 Å². The zero-order chi connectivity index (χ0) is 23.0. The lowest BCUT2D eigenvalue weighted by atomic mass is 9.87. The first kappa shape index (κ1) is 21.8. The van der Waals surface area contributed by atoms with E-state index in [9.17, 15) is 18.7 Å². The van der Waals surface area contributed by atoms with Crippen molar-refractivity contribution >= 4 is 16.7 Å². The van der Waals surface area contributed by atoms with Crippen LogP contribution in [-0.4, -0.2) is 46.0 Å². The molecule has 1 amide bonds. The van der Waals surface area contributed by atoms with E-state index < -0.39 is 5.82 Å². The third-order valence-corrected chi connectivity index (χ3v) is 7.41. The summed E-state index contributed by atoms with van der Waals surface area (Å²) in [5.74, 6) is -0.958. The van der Waals surface area contributed by atoms with E-state index in [0.29, 0.717) is 30.8 Å². The number of rotatable bonds is 3. The summed E-state index contributed by atoms with van der Waals surface area (Å²) in [6.45, 7) is 2.42. The van der Waals surface area contributed by atoms with Crippen molar-refractivity contribution in [2.45, 2.75) is 44.2 Å². The quantitative estimate of drug-likeness (QED) is 0.574. The van der Waals surface area contributed by atoms with Gasteiger partial charge in [-0.1, -0.05) is 24.3 Å². The first-order valence-electron chi connectivity index (χ1n) is 11.7. The van der Waals surface area contributed by atoms with Crippen LogP contribution in [0.25, 0.3) is 10.8 Å². The van der Waals surface area contributed by atoms with E-state index in [1.165, 1.54) is 12.1 Å². The van der Waals surface area contributed by atoms with Gasteiger partial charge in [0.1, 0.15) is 17.4 Å². The molecule has 0 aromatic heterocycles. The molecule has 0 aliphatic carbocycles. The zero-order valence-electron chi connectivity index (χ0n) is 18.6. The number of amides is 1. The van der Waals surface area contributed by atoms with Crippen LogP contribution >= 0.6 is 0 Å². The second kappa shape index (κ2) is 8.75. The molecule has 0 bridgehead atoms. The average Bonchev–Trinajstić information content (AvgIpc) is 3.05. The van der Waals surface area contributed by atoms with Crippen LogP contribution < -0.4 is 0 Å². The Morgan fingerprint density at radius 3 is 2.42 bits per heavy atom. The molecule has 5 rings (SSSR count). The van der Waals surface area contributed by atoms with Crippen molar-refractivity contribution in [3.8, 4) is 5.75 Å². The minimum absolute atomic E-state index is 0.00160. The van der Waals surface area contributed by atoms with Gasteiger partial charge < -0.3 is 10.0 Å². The normalized spacial score (nSPS) is 21.6. The number of phenols is 1. The molecule has 2 aliphatic rings. The fraction of sp³-hybridized carbons (Fsp3) is 0.370. The zero-order valence-corrected chi connectivity index (χ0v) is 18.6. The van der Waals surface area contributed by atoms with Crippen LogP contribution in [-0.2, 0) is 6.54 Å². The number of carbonyl (C=O) groups excluding carboxylic acids is 1. The average molecular weight is 451 g/mol. The number of phenolic OH excluding ortho intramolecular Hbond substituents is 1. The van der Waals surface area contributed by atoms with Gasteiger partial charge in [0, 0.05) is 30.7 Å². The Kier molecular flexibility index (Phi) is 5.79. The molecular formula is C27H28F2N2O2. The monoisotopic (exact) mass is 450 g/mol. The first-order valence-corrected chi connectivity index (χ1v) is 11.7. The summed E-state index contributed by atoms with van der Waals surface area (Å²) in [5.41, 5.74) is 0.600. The number of hydrogen-bond donors (Lipinski definition) is 1. The van der Waals surface area contributed by atoms with Crippen molar-refractivity contribution in [1.82, 2.24) is 9.80 Å². The smallest absolute Gasteiger partial charge is 0.257 e. The van der Waals surface area contributed by atoms with Gasteiger partial charge in [-0.15, -0.1) is 0 Å². The predicted molar refractivity (Wildman–Crippen MR) is 124 cm³/mol. The Labute approximate surface area is 192 Å². The number of fused-ring (bicyclic) bond motifs is 1. The SMILES string of the molecule is O=C(c1cc2ccccc2cc1O)N1CCCC2(CCCN2Cc2cc(F)ccc2F)CC1. The van der Waals surface area contributed by atoms with Gasteiger partial charge in [0.25, 0.3) is 5.91 Å². The van der Waals surface area contributed by atoms with Crippen molar-refractivity contribution in [2.75, 3.05) is 19.6 Å². The minimum atomic E-state index is -0.424. The summed E-state index contributed by atoms with van der Waals surface area (Å²) < 4.78 is 28.0. The Hall–Kier alpha value is -2.99. The maximum atomic E-state index is 14.3. The van der Waals surface area contributed by atoms with E-state index in [1.807, 2.05) is 29.2 Å². The lowest BCUT2D eigenvalue weighted by molar-refractivity contribution is 0.0735. The molecule has 1 atom stereocenters. The highest BCUT2D eigenvalue weighted by atomic mass is 19.1. The molecule has 1 spiro atoms. The molecular weight excluding hydrogens is 422 g/mol. The van der Waals surface area contributed by atoms with Gasteiger partial charge in [0.15, 0.2) is 0 Å². The predicted octanol–water partition coefficient (Wildman–Crippen LogP) is 5.48. The number of halogens is 2. The molecule has 1 unspecified atom stereocenters. The fourth-order valence-corrected chi connectivity index (χ4v) is 5.63. The van der Waals surface area contributed by atoms with E-state index in [0.717, 1.165) is 55.5 Å². The second-order valence-electron chi connectivity index (χ2n) is 9.35. The lowest BCUT2D eigenvalue weighted by Crippen LogP contribution is -2.44. The second-order valence-corrected chi connectivity index (χ2v) is 9.35. The summed E-state index contributed by atoms with van der Waals surface area (Å²) >= 11 is 0. The summed E-state index contributed by atoms with van der Waals surface area (Å²) in [4.78, 5) is 17.5. The molecule has 1 N–H and O–H groups in total. The number of benzene rings is 3. The highest BCUT2D eigenvalue weighted by Gasteiger charge is 2.42. The van der Waals surface area contributed by atoms with Crippen molar-refractivity contribution < 1.29 is 18.7 Å². The summed E-state index contributed by atoms with van der Waals surface area (Å²) in [5, 5.41) is 12.3. The molecule has 3 aromatic carbocycles. The number of hydrogen-bond acceptors (Lipinski definition) is 3. The topological polar surface area (TPSA) is 43.8 Å². The molecule has 0 radical (unpaired) electrons. The van der Waals surface area contributed by atoms with Crippen molar-refractivity contribution in [3.05, 3.63) is 77.4 Å². The largest absolute Gasteiger partial charge is 0.507 e. The van der Waals surface area contributed by atoms with E-state index in [1.54, 1.807) is 12.1 Å². The van der Waals surface area contributed by atoms with Crippen LogP contribution in [0.3, 0.4) is 0 Å². The van der Waals surface area contributed by atoms with Gasteiger partial charge in [-0.2, -0.15) is 0 Å². The first-order chi connectivity index (χ1) is 15.9. The van der Waals surface area contributed by atoms with Gasteiger partial charge in [-0.25, -0.2) is 8.78 Å². The number of carbonyl (C=O) groups is 1. The Bertz CT molecular complexity index is 1200. The van der Waals surface area contributed by atoms with Gasteiger partial charge in [-0.3, -0.25) is 9.69 Å². The third kappa shape index (κ3) is 4.20. The molecule has 0 saturated carbocycles. The Morgan fingerprint density at radius 1 is 0.909 bits per heavy atom. The van der Waals surface area contributed by atoms with Crippen LogP contribution in [0.2, 0.25) is 0 Å². The highest BCUT2D eigenvalue weighted by Crippen LogP contribution is 2.40. The molecule has 6 heteroatoms. The molecule has 172 valence electrons. The maximum absolute atomic E-state index is 14.3. The van der Waals surface area contributed by atoms with Crippen molar-refractivity contribution in [2.24, 2.45) is 0 Å². The molecule has 2 aliphatic heterocycles. The molecule has 2 saturated heterocycles. The standard InChI is InChI=1S/C27H28F2N2O2/c28-22-7-8-24(29)21(15-22)18-31-13-4-10-27(31)9-3-12-30(14-11-27)26(33)23-16-19-5-1-2-6-20(19)17-25(23)32/h1-2,5-8,15-17,32H,3-4,9-14,18H2. The Balaban J connectivity index is 1.34. The summed E-state index contributed by atoms with van der Waals surface area (Å²) in [7, 11) is 0. The summed E-state index contributed by atoms with van der Waals surface area (Å²) in [6, 6.07) is 14.7. The molecule has 33 heavy (non-hydrogen) atoms. The molecule has 4 nitrogen and oxygen atoms in total. The van der Waals surface area contributed by atoms with Gasteiger partial charge in [0.2, 0.25) is 0 Å². The minimum Gasteiger partial charge on any atom is -0.507 e. The maximum Gasteiger partial charge on any atom is 0.257 e. The van der Waals surface area contributed by atoms with Crippen LogP contribution in [0.4, 0.5) is 8.78 Å². The number of aromatic hydroxyl groups is 1. The molecule has 3 aromatic rings. The van der Waals surface area contributed by atoms with Gasteiger partial charge in [0.05, 0.1) is 5.56 Å². The van der Waals surface area contributed by atoms with Crippen molar-refractivity contribution in [3.63, 3.8) is 0 Å². The van der Waals surface area contributed by atoms with Crippen LogP contribution in [0.5, 0.6) is 5.75 Å². The van der Waals surface area contributed by atoms with Crippen molar-refractivity contribution in [1.29, 1.82) is 0 Å². The van der Waals surface area contributed by atoms with E-state index in [2.05, 4.69) is 4.90 Å². The van der Waals surface area contributed by atoms with E-state index in [4.69, 9.17) is 0 Å². The molecule has 2 fully saturated rings. The van der Waals surface area contributed by atoms with Gasteiger partial charge >= 0.3 is 0 Å². The molecule has 2 heterocycles. The highest BCUT2D eigenvalue weighted by molar-refractivity contribution is 6.01. The fourth-order valence-electron chi connectivity index (χ4n) is 5.63. The van der Waals surface area contributed by atoms with Crippen LogP contribution in [0, 0.1) is 11.6 Å². The summed E-state index contributed by atoms with van der Waals surface area (Å²) in [6.07, 6.45) is 4.53. The van der Waals surface area contributed by atoms with Gasteiger partial charge in [-0.05, 0) is 79.8 Å². The van der Waals surface area contributed by atoms with Crippen LogP contribution in [0.15, 0.2) is 54.6 Å². The van der Waals surface area contributed by atoms with Crippen LogP contribution in [0.1, 0.15) is 48.0 Å². The third-order valence-electron chi connectivity index (χ3n) is 7.41. The van der Waals surface area contributed by atoms with E-state index >= 15 is 0 Å².